The van der Waals surface area contributed by atoms with Gasteiger partial charge in [-0.05, 0) is 38.1 Å². The maximum Gasteiger partial charge on any atom is 0.256 e. The molecule has 1 N–H and O–H groups in total. The Hall–Kier alpha value is -2.93. The van der Waals surface area contributed by atoms with Crippen LogP contribution in [-0.2, 0) is 5.75 Å². The predicted molar refractivity (Wildman–Crippen MR) is 107 cm³/mol. The molecule has 1 aromatic heterocycles. The van der Waals surface area contributed by atoms with E-state index in [0.717, 1.165) is 21.9 Å². The van der Waals surface area contributed by atoms with E-state index >= 15 is 0 Å². The Bertz CT molecular complexity index is 996. The van der Waals surface area contributed by atoms with Gasteiger partial charge in [-0.25, -0.2) is 0 Å². The predicted octanol–water partition coefficient (Wildman–Crippen LogP) is 4.61. The van der Waals surface area contributed by atoms with Crippen molar-refractivity contribution in [3.63, 3.8) is 0 Å². The van der Waals surface area contributed by atoms with Crippen molar-refractivity contribution in [2.24, 2.45) is 0 Å². The Labute approximate surface area is 167 Å². The van der Waals surface area contributed by atoms with E-state index in [0.29, 0.717) is 41.7 Å². The maximum atomic E-state index is 12.9. The average molecular weight is 396 g/mol. The summed E-state index contributed by atoms with van der Waals surface area (Å²) in [7, 11) is 0. The summed E-state index contributed by atoms with van der Waals surface area (Å²) in [6, 6.07) is 13.0. The summed E-state index contributed by atoms with van der Waals surface area (Å²) >= 11 is 1.59. The largest absolute Gasteiger partial charge is 0.486 e. The van der Waals surface area contributed by atoms with Crippen LogP contribution >= 0.6 is 11.8 Å². The normalized spacial score (nSPS) is 12.6. The molecule has 0 fully saturated rings. The smallest absolute Gasteiger partial charge is 0.256 e. The number of rotatable bonds is 5. The minimum absolute atomic E-state index is 0.168. The fraction of sp³-hybridized carbons (Fsp3) is 0.238. The molecule has 0 saturated heterocycles. The monoisotopic (exact) mass is 396 g/mol. The lowest BCUT2D eigenvalue weighted by Crippen LogP contribution is -2.16. The summed E-state index contributed by atoms with van der Waals surface area (Å²) in [5.41, 5.74) is 3.23. The molecule has 28 heavy (non-hydrogen) atoms. The highest BCUT2D eigenvalue weighted by atomic mass is 32.2. The van der Waals surface area contributed by atoms with Crippen LogP contribution in [0.15, 0.2) is 51.9 Å². The number of nitrogens with zero attached hydrogens (tertiary/aromatic N) is 1. The van der Waals surface area contributed by atoms with Crippen LogP contribution in [0.1, 0.15) is 27.4 Å². The molecule has 1 amide bonds. The molecule has 2 aromatic carbocycles. The number of aromatic nitrogens is 1. The van der Waals surface area contributed by atoms with Gasteiger partial charge in [-0.2, -0.15) is 0 Å². The zero-order valence-electron chi connectivity index (χ0n) is 15.7. The molecule has 0 bridgehead atoms. The summed E-state index contributed by atoms with van der Waals surface area (Å²) in [6.45, 7) is 4.86. The van der Waals surface area contributed by atoms with E-state index in [-0.39, 0.29) is 5.91 Å². The summed E-state index contributed by atoms with van der Waals surface area (Å²) in [6.07, 6.45) is 0. The quantitative estimate of drug-likeness (QED) is 0.635. The minimum Gasteiger partial charge on any atom is -0.486 e. The van der Waals surface area contributed by atoms with Gasteiger partial charge in [0.05, 0.1) is 11.3 Å². The second-order valence-corrected chi connectivity index (χ2v) is 7.42. The molecular formula is C21H20N2O4S. The number of benzene rings is 2. The summed E-state index contributed by atoms with van der Waals surface area (Å²) < 4.78 is 16.3. The standard InChI is InChI=1S/C21H20N2O4S/c1-13-17(14(2)27-23-13)12-28-20-6-4-3-5-16(20)21(24)22-15-7-8-18-19(11-15)26-10-9-25-18/h3-8,11H,9-10,12H2,1-2H3,(H,22,24). The molecule has 1 aliphatic rings. The van der Waals surface area contributed by atoms with Crippen LogP contribution in [0.2, 0.25) is 0 Å². The van der Waals surface area contributed by atoms with Gasteiger partial charge < -0.3 is 19.3 Å². The zero-order chi connectivity index (χ0) is 19.5. The molecule has 0 atom stereocenters. The number of amides is 1. The van der Waals surface area contributed by atoms with E-state index in [9.17, 15) is 4.79 Å². The van der Waals surface area contributed by atoms with Crippen LogP contribution in [-0.4, -0.2) is 24.3 Å². The first-order chi connectivity index (χ1) is 13.6. The molecule has 1 aliphatic heterocycles. The highest BCUT2D eigenvalue weighted by Crippen LogP contribution is 2.33. The van der Waals surface area contributed by atoms with Gasteiger partial charge in [0, 0.05) is 28.0 Å². The summed E-state index contributed by atoms with van der Waals surface area (Å²) in [5, 5.41) is 6.93. The number of aryl methyl sites for hydroxylation is 2. The van der Waals surface area contributed by atoms with Crippen molar-refractivity contribution in [1.82, 2.24) is 5.16 Å². The van der Waals surface area contributed by atoms with E-state index in [2.05, 4.69) is 10.5 Å². The van der Waals surface area contributed by atoms with Crippen molar-refractivity contribution in [1.29, 1.82) is 0 Å². The Kier molecular flexibility index (Phi) is 5.25. The van der Waals surface area contributed by atoms with Crippen LogP contribution in [0, 0.1) is 13.8 Å². The van der Waals surface area contributed by atoms with Crippen LogP contribution in [0.5, 0.6) is 11.5 Å². The second kappa shape index (κ2) is 7.98. The van der Waals surface area contributed by atoms with Crippen molar-refractivity contribution >= 4 is 23.4 Å². The van der Waals surface area contributed by atoms with Crippen LogP contribution in [0.3, 0.4) is 0 Å². The lowest BCUT2D eigenvalue weighted by molar-refractivity contribution is 0.102. The number of hydrogen-bond acceptors (Lipinski definition) is 6. The Morgan fingerprint density at radius 1 is 1.11 bits per heavy atom. The number of nitrogens with one attached hydrogen (secondary N) is 1. The molecule has 2 heterocycles. The van der Waals surface area contributed by atoms with Crippen molar-refractivity contribution in [2.45, 2.75) is 24.5 Å². The van der Waals surface area contributed by atoms with Gasteiger partial charge in [0.1, 0.15) is 19.0 Å². The van der Waals surface area contributed by atoms with Crippen molar-refractivity contribution < 1.29 is 18.8 Å². The van der Waals surface area contributed by atoms with E-state index in [1.165, 1.54) is 0 Å². The van der Waals surface area contributed by atoms with Crippen LogP contribution in [0.4, 0.5) is 5.69 Å². The third kappa shape index (κ3) is 3.84. The lowest BCUT2D eigenvalue weighted by Gasteiger charge is -2.19. The molecule has 0 saturated carbocycles. The number of carbonyl (C=O) groups is 1. The first kappa shape index (κ1) is 18.4. The van der Waals surface area contributed by atoms with Crippen LogP contribution < -0.4 is 14.8 Å². The fourth-order valence-corrected chi connectivity index (χ4v) is 4.16. The first-order valence-electron chi connectivity index (χ1n) is 8.96. The molecule has 144 valence electrons. The third-order valence-corrected chi connectivity index (χ3v) is 5.58. The topological polar surface area (TPSA) is 73.6 Å². The fourth-order valence-electron chi connectivity index (χ4n) is 2.96. The molecule has 0 aliphatic carbocycles. The number of fused-ring (bicyclic) bond motifs is 1. The highest BCUT2D eigenvalue weighted by molar-refractivity contribution is 7.98. The first-order valence-corrected chi connectivity index (χ1v) is 9.95. The Morgan fingerprint density at radius 2 is 1.89 bits per heavy atom. The van der Waals surface area contributed by atoms with Gasteiger partial charge in [-0.15, -0.1) is 11.8 Å². The van der Waals surface area contributed by atoms with Gasteiger partial charge >= 0.3 is 0 Å². The van der Waals surface area contributed by atoms with Gasteiger partial charge in [0.25, 0.3) is 5.91 Å². The maximum absolute atomic E-state index is 12.9. The number of anilines is 1. The van der Waals surface area contributed by atoms with Crippen molar-refractivity contribution in [2.75, 3.05) is 18.5 Å². The molecule has 0 spiro atoms. The molecule has 7 heteroatoms. The number of ether oxygens (including phenoxy) is 2. The van der Waals surface area contributed by atoms with E-state index in [4.69, 9.17) is 14.0 Å². The molecule has 6 nitrogen and oxygen atoms in total. The van der Waals surface area contributed by atoms with Gasteiger partial charge in [0.2, 0.25) is 0 Å². The summed E-state index contributed by atoms with van der Waals surface area (Å²) in [4.78, 5) is 13.8. The summed E-state index contributed by atoms with van der Waals surface area (Å²) in [5.74, 6) is 2.67. The number of carbonyl (C=O) groups excluding carboxylic acids is 1. The van der Waals surface area contributed by atoms with E-state index < -0.39 is 0 Å². The molecule has 0 radical (unpaired) electrons. The molecule has 4 rings (SSSR count). The minimum atomic E-state index is -0.168. The van der Waals surface area contributed by atoms with E-state index in [1.807, 2.05) is 50.2 Å². The molecular weight excluding hydrogens is 376 g/mol. The van der Waals surface area contributed by atoms with Gasteiger partial charge in [-0.1, -0.05) is 17.3 Å². The SMILES string of the molecule is Cc1noc(C)c1CSc1ccccc1C(=O)Nc1ccc2c(c1)OCCO2. The number of hydrogen-bond donors (Lipinski definition) is 1. The van der Waals surface area contributed by atoms with Crippen LogP contribution in [0.25, 0.3) is 0 Å². The molecule has 0 unspecified atom stereocenters. The van der Waals surface area contributed by atoms with Gasteiger partial charge in [-0.3, -0.25) is 4.79 Å². The van der Waals surface area contributed by atoms with Gasteiger partial charge in [0.15, 0.2) is 11.5 Å². The third-order valence-electron chi connectivity index (χ3n) is 4.48. The van der Waals surface area contributed by atoms with Crippen molar-refractivity contribution in [3.8, 4) is 11.5 Å². The zero-order valence-corrected chi connectivity index (χ0v) is 16.5. The lowest BCUT2D eigenvalue weighted by atomic mass is 10.2. The second-order valence-electron chi connectivity index (χ2n) is 6.40. The highest BCUT2D eigenvalue weighted by Gasteiger charge is 2.16. The van der Waals surface area contributed by atoms with Crippen molar-refractivity contribution in [3.05, 3.63) is 65.0 Å². The Balaban J connectivity index is 1.50. The van der Waals surface area contributed by atoms with E-state index in [1.54, 1.807) is 17.8 Å². The molecule has 3 aromatic rings. The number of thioether (sulfide) groups is 1. The Morgan fingerprint density at radius 3 is 2.68 bits per heavy atom. The average Bonchev–Trinajstić information content (AvgIpc) is 3.04.